The van der Waals surface area contributed by atoms with Crippen molar-refractivity contribution in [2.75, 3.05) is 18.5 Å². The van der Waals surface area contributed by atoms with E-state index in [-0.39, 0.29) is 12.3 Å². The maximum absolute atomic E-state index is 12.8. The van der Waals surface area contributed by atoms with Crippen molar-refractivity contribution in [1.29, 1.82) is 0 Å². The molecule has 0 heterocycles. The van der Waals surface area contributed by atoms with Crippen LogP contribution in [0.1, 0.15) is 35.3 Å². The summed E-state index contributed by atoms with van der Waals surface area (Å²) in [5, 5.41) is 2.48. The van der Waals surface area contributed by atoms with E-state index in [0.29, 0.717) is 30.1 Å². The minimum atomic E-state index is -4.47. The monoisotopic (exact) mass is 367 g/mol. The maximum Gasteiger partial charge on any atom is 0.416 e. The Labute approximate surface area is 149 Å². The topological polar surface area (TPSA) is 47.6 Å². The fourth-order valence-corrected chi connectivity index (χ4v) is 2.32. The summed E-state index contributed by atoms with van der Waals surface area (Å²) >= 11 is 0. The summed E-state index contributed by atoms with van der Waals surface area (Å²) in [6, 6.07) is 9.33. The largest absolute Gasteiger partial charge is 0.494 e. The molecular formula is C19H20F3NO3. The van der Waals surface area contributed by atoms with E-state index in [1.54, 1.807) is 18.2 Å². The third-order valence-electron chi connectivity index (χ3n) is 3.53. The molecule has 26 heavy (non-hydrogen) atoms. The van der Waals surface area contributed by atoms with Crippen LogP contribution >= 0.6 is 0 Å². The first kappa shape index (κ1) is 19.8. The van der Waals surface area contributed by atoms with Crippen molar-refractivity contribution in [2.24, 2.45) is 0 Å². The van der Waals surface area contributed by atoms with Crippen LogP contribution in [0.25, 0.3) is 0 Å². The lowest BCUT2D eigenvalue weighted by Crippen LogP contribution is -2.14. The molecular weight excluding hydrogens is 347 g/mol. The highest BCUT2D eigenvalue weighted by Crippen LogP contribution is 2.31. The molecule has 0 saturated carbocycles. The zero-order valence-electron chi connectivity index (χ0n) is 14.5. The molecule has 1 N–H and O–H groups in total. The maximum atomic E-state index is 12.8. The quantitative estimate of drug-likeness (QED) is 0.758. The highest BCUT2D eigenvalue weighted by atomic mass is 19.4. The third kappa shape index (κ3) is 5.23. The van der Waals surface area contributed by atoms with Gasteiger partial charge in [0.1, 0.15) is 5.75 Å². The number of carbonyl (C=O) groups is 1. The Kier molecular flexibility index (Phi) is 6.63. The van der Waals surface area contributed by atoms with Gasteiger partial charge >= 0.3 is 6.18 Å². The number of ether oxygens (including phenoxy) is 2. The van der Waals surface area contributed by atoms with Gasteiger partial charge in [-0.25, -0.2) is 0 Å². The minimum Gasteiger partial charge on any atom is -0.494 e. The van der Waals surface area contributed by atoms with Crippen molar-refractivity contribution in [3.63, 3.8) is 0 Å². The van der Waals surface area contributed by atoms with Crippen LogP contribution in [0.2, 0.25) is 0 Å². The van der Waals surface area contributed by atoms with Crippen molar-refractivity contribution < 1.29 is 27.4 Å². The summed E-state index contributed by atoms with van der Waals surface area (Å²) in [5.41, 5.74) is 0.259. The van der Waals surface area contributed by atoms with E-state index in [4.69, 9.17) is 9.47 Å². The van der Waals surface area contributed by atoms with E-state index in [1.807, 2.05) is 13.8 Å². The summed E-state index contributed by atoms with van der Waals surface area (Å²) in [4.78, 5) is 12.4. The molecule has 2 rings (SSSR count). The summed E-state index contributed by atoms with van der Waals surface area (Å²) in [6.45, 7) is 4.95. The summed E-state index contributed by atoms with van der Waals surface area (Å²) in [5.74, 6) is 0.0988. The first-order valence-electron chi connectivity index (χ1n) is 8.17. The molecule has 0 saturated heterocycles. The van der Waals surface area contributed by atoms with E-state index < -0.39 is 17.6 Å². The Morgan fingerprint density at radius 3 is 2.50 bits per heavy atom. The fourth-order valence-electron chi connectivity index (χ4n) is 2.32. The molecule has 1 amide bonds. The molecule has 0 fully saturated rings. The van der Waals surface area contributed by atoms with Gasteiger partial charge in [0.05, 0.1) is 18.8 Å². The Bertz CT molecular complexity index is 760. The molecule has 7 heteroatoms. The van der Waals surface area contributed by atoms with Gasteiger partial charge in [0, 0.05) is 23.4 Å². The number of carbonyl (C=O) groups excluding carboxylic acids is 1. The second kappa shape index (κ2) is 8.71. The number of amides is 1. The second-order valence-electron chi connectivity index (χ2n) is 5.43. The molecule has 0 spiro atoms. The van der Waals surface area contributed by atoms with Crippen molar-refractivity contribution in [2.45, 2.75) is 26.6 Å². The number of halogens is 3. The predicted octanol–water partition coefficient (Wildman–Crippen LogP) is 4.89. The summed E-state index contributed by atoms with van der Waals surface area (Å²) in [6.07, 6.45) is -4.47. The molecule has 0 radical (unpaired) electrons. The van der Waals surface area contributed by atoms with Crippen LogP contribution in [-0.2, 0) is 17.5 Å². The summed E-state index contributed by atoms with van der Waals surface area (Å²) < 4.78 is 49.2. The van der Waals surface area contributed by atoms with Gasteiger partial charge in [0.15, 0.2) is 0 Å². The van der Waals surface area contributed by atoms with Gasteiger partial charge in [0.2, 0.25) is 0 Å². The standard InChI is InChI=1S/C19H20F3NO3/c1-3-25-12-14-10-13(8-9-17(14)26-4-2)18(24)23-16-7-5-6-15(11-16)19(20,21)22/h5-11H,3-4,12H2,1-2H3,(H,23,24). The SMILES string of the molecule is CCOCc1cc(C(=O)Nc2cccc(C(F)(F)F)c2)ccc1OCC. The number of benzene rings is 2. The van der Waals surface area contributed by atoms with Gasteiger partial charge in [-0.2, -0.15) is 13.2 Å². The molecule has 2 aromatic carbocycles. The zero-order valence-corrected chi connectivity index (χ0v) is 14.5. The molecule has 0 aliphatic heterocycles. The van der Waals surface area contributed by atoms with Gasteiger partial charge < -0.3 is 14.8 Å². The first-order valence-corrected chi connectivity index (χ1v) is 8.17. The average Bonchev–Trinajstić information content (AvgIpc) is 2.60. The minimum absolute atomic E-state index is 0.0741. The van der Waals surface area contributed by atoms with Crippen LogP contribution in [0, 0.1) is 0 Å². The summed E-state index contributed by atoms with van der Waals surface area (Å²) in [7, 11) is 0. The van der Waals surface area contributed by atoms with Crippen molar-refractivity contribution in [1.82, 2.24) is 0 Å². The first-order chi connectivity index (χ1) is 12.3. The van der Waals surface area contributed by atoms with Crippen LogP contribution in [-0.4, -0.2) is 19.1 Å². The Morgan fingerprint density at radius 1 is 1.08 bits per heavy atom. The lowest BCUT2D eigenvalue weighted by molar-refractivity contribution is -0.137. The lowest BCUT2D eigenvalue weighted by atomic mass is 10.1. The molecule has 4 nitrogen and oxygen atoms in total. The Morgan fingerprint density at radius 2 is 1.85 bits per heavy atom. The van der Waals surface area contributed by atoms with Crippen LogP contribution in [0.3, 0.4) is 0 Å². The van der Waals surface area contributed by atoms with Gasteiger partial charge in [-0.15, -0.1) is 0 Å². The molecule has 0 bridgehead atoms. The number of hydrogen-bond donors (Lipinski definition) is 1. The number of alkyl halides is 3. The zero-order chi connectivity index (χ0) is 19.2. The van der Waals surface area contributed by atoms with E-state index in [2.05, 4.69) is 5.32 Å². The molecule has 0 aliphatic carbocycles. The van der Waals surface area contributed by atoms with Gasteiger partial charge in [0.25, 0.3) is 5.91 Å². The van der Waals surface area contributed by atoms with E-state index in [1.165, 1.54) is 12.1 Å². The van der Waals surface area contributed by atoms with E-state index in [0.717, 1.165) is 12.1 Å². The van der Waals surface area contributed by atoms with Crippen LogP contribution in [0.4, 0.5) is 18.9 Å². The van der Waals surface area contributed by atoms with Crippen molar-refractivity contribution >= 4 is 11.6 Å². The predicted molar refractivity (Wildman–Crippen MR) is 92.3 cm³/mol. The number of rotatable bonds is 7. The van der Waals surface area contributed by atoms with E-state index >= 15 is 0 Å². The highest BCUT2D eigenvalue weighted by molar-refractivity contribution is 6.04. The normalized spacial score (nSPS) is 11.3. The van der Waals surface area contributed by atoms with Crippen LogP contribution < -0.4 is 10.1 Å². The Hall–Kier alpha value is -2.54. The molecule has 0 aliphatic rings. The second-order valence-corrected chi connectivity index (χ2v) is 5.43. The molecule has 0 aromatic heterocycles. The fraction of sp³-hybridized carbons (Fsp3) is 0.316. The Balaban J connectivity index is 2.21. The van der Waals surface area contributed by atoms with E-state index in [9.17, 15) is 18.0 Å². The van der Waals surface area contributed by atoms with Gasteiger partial charge in [-0.3, -0.25) is 4.79 Å². The molecule has 0 unspecified atom stereocenters. The lowest BCUT2D eigenvalue weighted by Gasteiger charge is -2.13. The van der Waals surface area contributed by atoms with Crippen molar-refractivity contribution in [3.8, 4) is 5.75 Å². The smallest absolute Gasteiger partial charge is 0.416 e. The van der Waals surface area contributed by atoms with Gasteiger partial charge in [-0.05, 0) is 50.2 Å². The molecule has 140 valence electrons. The number of nitrogens with one attached hydrogen (secondary N) is 1. The number of anilines is 1. The van der Waals surface area contributed by atoms with Crippen LogP contribution in [0.15, 0.2) is 42.5 Å². The third-order valence-corrected chi connectivity index (χ3v) is 3.53. The molecule has 2 aromatic rings. The van der Waals surface area contributed by atoms with Crippen LogP contribution in [0.5, 0.6) is 5.75 Å². The molecule has 0 atom stereocenters. The highest BCUT2D eigenvalue weighted by Gasteiger charge is 2.30. The average molecular weight is 367 g/mol. The number of hydrogen-bond acceptors (Lipinski definition) is 3. The van der Waals surface area contributed by atoms with Gasteiger partial charge in [-0.1, -0.05) is 6.07 Å². The van der Waals surface area contributed by atoms with Crippen molar-refractivity contribution in [3.05, 3.63) is 59.2 Å².